The van der Waals surface area contributed by atoms with E-state index >= 15 is 0 Å². The largest absolute Gasteiger partial charge is 0.376 e. The predicted molar refractivity (Wildman–Crippen MR) is 73.6 cm³/mol. The van der Waals surface area contributed by atoms with Crippen LogP contribution in [-0.4, -0.2) is 36.6 Å². The van der Waals surface area contributed by atoms with E-state index in [1.165, 1.54) is 0 Å². The van der Waals surface area contributed by atoms with Gasteiger partial charge in [0.1, 0.15) is 0 Å². The first kappa shape index (κ1) is 12.7. The van der Waals surface area contributed by atoms with Crippen LogP contribution in [0.4, 0.5) is 5.69 Å². The van der Waals surface area contributed by atoms with E-state index in [4.69, 9.17) is 17.3 Å². The second-order valence-electron chi connectivity index (χ2n) is 5.06. The van der Waals surface area contributed by atoms with Crippen molar-refractivity contribution in [2.45, 2.75) is 24.9 Å². The maximum Gasteiger partial charge on any atom is 0.0637 e. The SMILES string of the molecule is CC1CC(CN)(Nc2ccccc2Cl)CN1C. The van der Waals surface area contributed by atoms with Crippen LogP contribution in [0.1, 0.15) is 13.3 Å². The van der Waals surface area contributed by atoms with Crippen LogP contribution in [0.5, 0.6) is 0 Å². The normalized spacial score (nSPS) is 29.5. The first-order chi connectivity index (χ1) is 8.06. The molecule has 1 aromatic rings. The molecule has 3 N–H and O–H groups in total. The highest BCUT2D eigenvalue weighted by Crippen LogP contribution is 2.31. The summed E-state index contributed by atoms with van der Waals surface area (Å²) >= 11 is 6.18. The molecular formula is C13H20ClN3. The molecule has 2 unspecified atom stereocenters. The van der Waals surface area contributed by atoms with Gasteiger partial charge in [0.2, 0.25) is 0 Å². The second kappa shape index (κ2) is 4.84. The van der Waals surface area contributed by atoms with Gasteiger partial charge >= 0.3 is 0 Å². The zero-order valence-corrected chi connectivity index (χ0v) is 11.2. The lowest BCUT2D eigenvalue weighted by atomic mass is 9.96. The molecule has 17 heavy (non-hydrogen) atoms. The number of nitrogens with one attached hydrogen (secondary N) is 1. The third-order valence-corrected chi connectivity index (χ3v) is 3.98. The molecule has 1 heterocycles. The van der Waals surface area contributed by atoms with E-state index in [9.17, 15) is 0 Å². The van der Waals surface area contributed by atoms with Gasteiger partial charge in [-0.05, 0) is 32.5 Å². The topological polar surface area (TPSA) is 41.3 Å². The molecule has 0 aliphatic carbocycles. The summed E-state index contributed by atoms with van der Waals surface area (Å²) in [6.07, 6.45) is 1.05. The number of rotatable bonds is 3. The molecule has 2 atom stereocenters. The Morgan fingerprint density at radius 1 is 1.53 bits per heavy atom. The summed E-state index contributed by atoms with van der Waals surface area (Å²) in [5, 5.41) is 4.29. The molecule has 1 aliphatic rings. The van der Waals surface area contributed by atoms with Gasteiger partial charge in [0.15, 0.2) is 0 Å². The van der Waals surface area contributed by atoms with Crippen LogP contribution in [0.25, 0.3) is 0 Å². The Labute approximate surface area is 108 Å². The van der Waals surface area contributed by atoms with E-state index in [0.717, 1.165) is 23.7 Å². The van der Waals surface area contributed by atoms with Crippen molar-refractivity contribution in [3.63, 3.8) is 0 Å². The number of hydrogen-bond donors (Lipinski definition) is 2. The highest BCUT2D eigenvalue weighted by Gasteiger charge is 2.39. The minimum Gasteiger partial charge on any atom is -0.376 e. The summed E-state index contributed by atoms with van der Waals surface area (Å²) in [7, 11) is 2.14. The standard InChI is InChI=1S/C13H20ClN3/c1-10-7-13(8-15,9-17(10)2)16-12-6-4-3-5-11(12)14/h3-6,10,16H,7-9,15H2,1-2H3. The molecule has 2 rings (SSSR count). The molecule has 0 aromatic heterocycles. The van der Waals surface area contributed by atoms with Gasteiger partial charge < -0.3 is 16.0 Å². The first-order valence-corrected chi connectivity index (χ1v) is 6.37. The van der Waals surface area contributed by atoms with E-state index in [0.29, 0.717) is 12.6 Å². The van der Waals surface area contributed by atoms with Crippen LogP contribution in [0.3, 0.4) is 0 Å². The monoisotopic (exact) mass is 253 g/mol. The summed E-state index contributed by atoms with van der Waals surface area (Å²) in [6, 6.07) is 8.37. The Morgan fingerprint density at radius 3 is 2.76 bits per heavy atom. The lowest BCUT2D eigenvalue weighted by Gasteiger charge is -2.30. The lowest BCUT2D eigenvalue weighted by molar-refractivity contribution is 0.323. The average Bonchev–Trinajstić information content (AvgIpc) is 2.59. The Hall–Kier alpha value is -0.770. The fourth-order valence-electron chi connectivity index (χ4n) is 2.56. The minimum absolute atomic E-state index is 0.0564. The van der Waals surface area contributed by atoms with E-state index in [-0.39, 0.29) is 5.54 Å². The highest BCUT2D eigenvalue weighted by atomic mass is 35.5. The lowest BCUT2D eigenvalue weighted by Crippen LogP contribution is -2.47. The summed E-state index contributed by atoms with van der Waals surface area (Å²) in [5.41, 5.74) is 6.88. The van der Waals surface area contributed by atoms with Gasteiger partial charge in [-0.2, -0.15) is 0 Å². The van der Waals surface area contributed by atoms with Gasteiger partial charge in [0.05, 0.1) is 16.2 Å². The molecule has 4 heteroatoms. The number of hydrogen-bond acceptors (Lipinski definition) is 3. The first-order valence-electron chi connectivity index (χ1n) is 5.99. The van der Waals surface area contributed by atoms with Gasteiger partial charge in [-0.15, -0.1) is 0 Å². The van der Waals surface area contributed by atoms with Gasteiger partial charge in [-0.1, -0.05) is 23.7 Å². The predicted octanol–water partition coefficient (Wildman–Crippen LogP) is 2.17. The molecule has 0 radical (unpaired) electrons. The van der Waals surface area contributed by atoms with Crippen LogP contribution >= 0.6 is 11.6 Å². The van der Waals surface area contributed by atoms with Crippen molar-refractivity contribution in [3.05, 3.63) is 29.3 Å². The number of likely N-dealkylation sites (N-methyl/N-ethyl adjacent to an activating group) is 1. The third-order valence-electron chi connectivity index (χ3n) is 3.66. The van der Waals surface area contributed by atoms with E-state index < -0.39 is 0 Å². The number of anilines is 1. The van der Waals surface area contributed by atoms with Crippen LogP contribution in [0.2, 0.25) is 5.02 Å². The molecular weight excluding hydrogens is 234 g/mol. The molecule has 94 valence electrons. The molecule has 3 nitrogen and oxygen atoms in total. The van der Waals surface area contributed by atoms with Crippen LogP contribution in [0, 0.1) is 0 Å². The van der Waals surface area contributed by atoms with Crippen molar-refractivity contribution in [3.8, 4) is 0 Å². The number of para-hydroxylation sites is 1. The van der Waals surface area contributed by atoms with E-state index in [1.807, 2.05) is 24.3 Å². The van der Waals surface area contributed by atoms with Crippen molar-refractivity contribution >= 4 is 17.3 Å². The van der Waals surface area contributed by atoms with E-state index in [2.05, 4.69) is 24.2 Å². The zero-order chi connectivity index (χ0) is 12.5. The number of nitrogens with zero attached hydrogens (tertiary/aromatic N) is 1. The number of benzene rings is 1. The number of likely N-dealkylation sites (tertiary alicyclic amines) is 1. The van der Waals surface area contributed by atoms with Crippen molar-refractivity contribution in [1.29, 1.82) is 0 Å². The molecule has 1 aromatic carbocycles. The summed E-state index contributed by atoms with van der Waals surface area (Å²) in [5.74, 6) is 0. The second-order valence-corrected chi connectivity index (χ2v) is 5.46. The zero-order valence-electron chi connectivity index (χ0n) is 10.4. The average molecular weight is 254 g/mol. The van der Waals surface area contributed by atoms with Crippen LogP contribution < -0.4 is 11.1 Å². The fraction of sp³-hybridized carbons (Fsp3) is 0.538. The third kappa shape index (κ3) is 2.57. The molecule has 1 saturated heterocycles. The van der Waals surface area contributed by atoms with Crippen molar-refractivity contribution < 1.29 is 0 Å². The molecule has 0 saturated carbocycles. The smallest absolute Gasteiger partial charge is 0.0637 e. The highest BCUT2D eigenvalue weighted by molar-refractivity contribution is 6.33. The molecule has 0 amide bonds. The van der Waals surface area contributed by atoms with Crippen molar-refractivity contribution in [1.82, 2.24) is 4.90 Å². The number of nitrogens with two attached hydrogens (primary N) is 1. The van der Waals surface area contributed by atoms with Crippen LogP contribution in [-0.2, 0) is 0 Å². The molecule has 1 aliphatic heterocycles. The Balaban J connectivity index is 2.19. The van der Waals surface area contributed by atoms with Gasteiger partial charge in [0, 0.05) is 19.1 Å². The van der Waals surface area contributed by atoms with Gasteiger partial charge in [0.25, 0.3) is 0 Å². The van der Waals surface area contributed by atoms with Gasteiger partial charge in [-0.3, -0.25) is 0 Å². The van der Waals surface area contributed by atoms with E-state index in [1.54, 1.807) is 0 Å². The number of halogens is 1. The Bertz CT molecular complexity index is 384. The Morgan fingerprint density at radius 2 is 2.24 bits per heavy atom. The maximum absolute atomic E-state index is 6.18. The molecule has 0 spiro atoms. The van der Waals surface area contributed by atoms with Crippen molar-refractivity contribution in [2.24, 2.45) is 5.73 Å². The molecule has 0 bridgehead atoms. The summed E-state index contributed by atoms with van der Waals surface area (Å²) in [4.78, 5) is 2.33. The summed E-state index contributed by atoms with van der Waals surface area (Å²) in [6.45, 7) is 3.80. The molecule has 1 fully saturated rings. The van der Waals surface area contributed by atoms with Crippen LogP contribution in [0.15, 0.2) is 24.3 Å². The van der Waals surface area contributed by atoms with Crippen molar-refractivity contribution in [2.75, 3.05) is 25.5 Å². The maximum atomic E-state index is 6.18. The quantitative estimate of drug-likeness (QED) is 0.868. The Kier molecular flexibility index (Phi) is 3.61. The fourth-order valence-corrected chi connectivity index (χ4v) is 2.74. The minimum atomic E-state index is -0.0564. The van der Waals surface area contributed by atoms with Gasteiger partial charge in [-0.25, -0.2) is 0 Å². The summed E-state index contributed by atoms with van der Waals surface area (Å²) < 4.78 is 0.